The van der Waals surface area contributed by atoms with Gasteiger partial charge < -0.3 is 15.9 Å². The summed E-state index contributed by atoms with van der Waals surface area (Å²) in [6, 6.07) is 4.23. The van der Waals surface area contributed by atoms with Gasteiger partial charge in [-0.05, 0) is 43.1 Å². The molecule has 0 radical (unpaired) electrons. The first-order valence-electron chi connectivity index (χ1n) is 4.88. The highest BCUT2D eigenvalue weighted by Gasteiger charge is 2.18. The van der Waals surface area contributed by atoms with E-state index in [0.29, 0.717) is 11.1 Å². The minimum atomic E-state index is -1.08. The van der Waals surface area contributed by atoms with Crippen LogP contribution in [0.2, 0.25) is 0 Å². The van der Waals surface area contributed by atoms with E-state index in [2.05, 4.69) is 0 Å². The summed E-state index contributed by atoms with van der Waals surface area (Å²) in [6.07, 6.45) is -1.74. The maximum Gasteiger partial charge on any atom is 0.123 e. The number of aliphatic hydroxyl groups excluding tert-OH is 2. The number of hydrogen-bond donors (Lipinski definition) is 3. The summed E-state index contributed by atoms with van der Waals surface area (Å²) in [6.45, 7) is 2.02. The number of hydrogen-bond acceptors (Lipinski definition) is 3. The lowest BCUT2D eigenvalue weighted by molar-refractivity contribution is 0.0148. The molecule has 4 heteroatoms. The van der Waals surface area contributed by atoms with E-state index in [4.69, 9.17) is 5.73 Å². The molecule has 0 aliphatic carbocycles. The Morgan fingerprint density at radius 2 is 2.00 bits per heavy atom. The maximum atomic E-state index is 13.0. The predicted octanol–water partition coefficient (Wildman–Crippen LogP) is 0.877. The van der Waals surface area contributed by atoms with Crippen molar-refractivity contribution in [2.75, 3.05) is 6.54 Å². The highest BCUT2D eigenvalue weighted by atomic mass is 19.1. The van der Waals surface area contributed by atoms with Crippen LogP contribution in [-0.4, -0.2) is 22.9 Å². The van der Waals surface area contributed by atoms with Crippen LogP contribution in [0.3, 0.4) is 0 Å². The van der Waals surface area contributed by atoms with Crippen molar-refractivity contribution >= 4 is 0 Å². The molecule has 2 atom stereocenters. The molecule has 15 heavy (non-hydrogen) atoms. The molecular weight excluding hydrogens is 197 g/mol. The molecular formula is C11H16FNO2. The number of aryl methyl sites for hydroxylation is 1. The topological polar surface area (TPSA) is 66.5 Å². The van der Waals surface area contributed by atoms with Gasteiger partial charge in [-0.1, -0.05) is 6.07 Å². The number of halogens is 1. The fourth-order valence-electron chi connectivity index (χ4n) is 1.49. The Labute approximate surface area is 88.4 Å². The first kappa shape index (κ1) is 12.1. The third-order valence-electron chi connectivity index (χ3n) is 2.23. The number of rotatable bonds is 4. The van der Waals surface area contributed by atoms with Gasteiger partial charge in [0.1, 0.15) is 11.9 Å². The van der Waals surface area contributed by atoms with Gasteiger partial charge >= 0.3 is 0 Å². The highest BCUT2D eigenvalue weighted by Crippen LogP contribution is 2.20. The van der Waals surface area contributed by atoms with Gasteiger partial charge in [0.25, 0.3) is 0 Å². The van der Waals surface area contributed by atoms with Crippen molar-refractivity contribution in [2.45, 2.75) is 25.6 Å². The van der Waals surface area contributed by atoms with Crippen molar-refractivity contribution in [2.24, 2.45) is 5.73 Å². The molecule has 0 fully saturated rings. The van der Waals surface area contributed by atoms with Gasteiger partial charge in [0, 0.05) is 0 Å². The van der Waals surface area contributed by atoms with Crippen LogP contribution in [0.1, 0.15) is 23.7 Å². The van der Waals surface area contributed by atoms with Gasteiger partial charge in [0.2, 0.25) is 0 Å². The van der Waals surface area contributed by atoms with Crippen LogP contribution in [0.25, 0.3) is 0 Å². The quantitative estimate of drug-likeness (QED) is 0.695. The lowest BCUT2D eigenvalue weighted by Gasteiger charge is -2.17. The van der Waals surface area contributed by atoms with E-state index < -0.39 is 18.0 Å². The molecule has 0 aliphatic rings. The molecule has 0 spiro atoms. The van der Waals surface area contributed by atoms with Gasteiger partial charge in [0.15, 0.2) is 0 Å². The van der Waals surface area contributed by atoms with Crippen LogP contribution in [0, 0.1) is 12.7 Å². The van der Waals surface area contributed by atoms with Gasteiger partial charge in [-0.3, -0.25) is 0 Å². The summed E-state index contributed by atoms with van der Waals surface area (Å²) in [5.41, 5.74) is 6.35. The van der Waals surface area contributed by atoms with E-state index in [-0.39, 0.29) is 13.0 Å². The normalized spacial score (nSPS) is 15.0. The third kappa shape index (κ3) is 3.27. The fraction of sp³-hybridized carbons (Fsp3) is 0.455. The molecule has 1 aromatic rings. The first-order chi connectivity index (χ1) is 7.04. The largest absolute Gasteiger partial charge is 0.390 e. The number of nitrogens with two attached hydrogens (primary N) is 1. The van der Waals surface area contributed by atoms with Crippen molar-refractivity contribution in [3.8, 4) is 0 Å². The SMILES string of the molecule is Cc1cc(F)cc(C(O)C(O)CCN)c1. The Kier molecular flexibility index (Phi) is 4.20. The predicted molar refractivity (Wildman–Crippen MR) is 55.8 cm³/mol. The van der Waals surface area contributed by atoms with Crippen LogP contribution < -0.4 is 5.73 Å². The van der Waals surface area contributed by atoms with Crippen LogP contribution in [0.4, 0.5) is 4.39 Å². The Bertz CT molecular complexity index is 310. The second-order valence-corrected chi connectivity index (χ2v) is 3.65. The smallest absolute Gasteiger partial charge is 0.123 e. The Balaban J connectivity index is 2.85. The van der Waals surface area contributed by atoms with Crippen molar-refractivity contribution in [1.29, 1.82) is 0 Å². The summed E-state index contributed by atoms with van der Waals surface area (Å²) in [4.78, 5) is 0. The third-order valence-corrected chi connectivity index (χ3v) is 2.23. The van der Waals surface area contributed by atoms with Gasteiger partial charge in [0.05, 0.1) is 6.10 Å². The lowest BCUT2D eigenvalue weighted by atomic mass is 10.0. The summed E-state index contributed by atoms with van der Waals surface area (Å²) in [5.74, 6) is -0.413. The molecule has 84 valence electrons. The fourth-order valence-corrected chi connectivity index (χ4v) is 1.49. The molecule has 2 unspecified atom stereocenters. The van der Waals surface area contributed by atoms with E-state index >= 15 is 0 Å². The summed E-state index contributed by atoms with van der Waals surface area (Å²) < 4.78 is 13.0. The molecule has 0 aliphatic heterocycles. The van der Waals surface area contributed by atoms with Gasteiger partial charge in [-0.25, -0.2) is 4.39 Å². The summed E-state index contributed by atoms with van der Waals surface area (Å²) in [5, 5.41) is 19.2. The first-order valence-corrected chi connectivity index (χ1v) is 4.88. The van der Waals surface area contributed by atoms with Crippen LogP contribution in [-0.2, 0) is 0 Å². The van der Waals surface area contributed by atoms with E-state index in [9.17, 15) is 14.6 Å². The average Bonchev–Trinajstić information content (AvgIpc) is 2.15. The Morgan fingerprint density at radius 1 is 1.33 bits per heavy atom. The minimum Gasteiger partial charge on any atom is -0.390 e. The van der Waals surface area contributed by atoms with Crippen molar-refractivity contribution < 1.29 is 14.6 Å². The zero-order valence-corrected chi connectivity index (χ0v) is 8.65. The minimum absolute atomic E-state index is 0.284. The number of benzene rings is 1. The summed E-state index contributed by atoms with van der Waals surface area (Å²) >= 11 is 0. The van der Waals surface area contributed by atoms with Crippen LogP contribution >= 0.6 is 0 Å². The zero-order valence-electron chi connectivity index (χ0n) is 8.65. The second kappa shape index (κ2) is 5.21. The molecule has 0 heterocycles. The Hall–Kier alpha value is -0.970. The highest BCUT2D eigenvalue weighted by molar-refractivity contribution is 5.25. The van der Waals surface area contributed by atoms with Crippen molar-refractivity contribution in [3.63, 3.8) is 0 Å². The molecule has 0 amide bonds. The Morgan fingerprint density at radius 3 is 2.53 bits per heavy atom. The monoisotopic (exact) mass is 213 g/mol. The van der Waals surface area contributed by atoms with Gasteiger partial charge in [-0.15, -0.1) is 0 Å². The van der Waals surface area contributed by atoms with Crippen LogP contribution in [0.5, 0.6) is 0 Å². The lowest BCUT2D eigenvalue weighted by Crippen LogP contribution is -2.21. The van der Waals surface area contributed by atoms with Gasteiger partial charge in [-0.2, -0.15) is 0 Å². The molecule has 1 aromatic carbocycles. The molecule has 1 rings (SSSR count). The average molecular weight is 213 g/mol. The summed E-state index contributed by atoms with van der Waals surface area (Å²) in [7, 11) is 0. The molecule has 0 saturated heterocycles. The standard InChI is InChI=1S/C11H16FNO2/c1-7-4-8(6-9(12)5-7)11(15)10(14)2-3-13/h4-6,10-11,14-15H,2-3,13H2,1H3. The van der Waals surface area contributed by atoms with Crippen molar-refractivity contribution in [3.05, 3.63) is 35.1 Å². The molecule has 0 aromatic heterocycles. The zero-order chi connectivity index (χ0) is 11.4. The van der Waals surface area contributed by atoms with Crippen LogP contribution in [0.15, 0.2) is 18.2 Å². The molecule has 4 N–H and O–H groups in total. The maximum absolute atomic E-state index is 13.0. The second-order valence-electron chi connectivity index (χ2n) is 3.65. The number of aliphatic hydroxyl groups is 2. The van der Waals surface area contributed by atoms with E-state index in [1.54, 1.807) is 13.0 Å². The van der Waals surface area contributed by atoms with E-state index in [1.165, 1.54) is 12.1 Å². The van der Waals surface area contributed by atoms with E-state index in [0.717, 1.165) is 0 Å². The molecule has 0 bridgehead atoms. The van der Waals surface area contributed by atoms with Crippen molar-refractivity contribution in [1.82, 2.24) is 0 Å². The molecule has 0 saturated carbocycles. The van der Waals surface area contributed by atoms with E-state index in [1.807, 2.05) is 0 Å². The molecule has 3 nitrogen and oxygen atoms in total.